The van der Waals surface area contributed by atoms with Gasteiger partial charge in [-0.2, -0.15) is 0 Å². The molecule has 0 radical (unpaired) electrons. The second kappa shape index (κ2) is 5.36. The molecule has 0 saturated carbocycles. The molecule has 0 fully saturated rings. The minimum absolute atomic E-state index is 0.669. The minimum Gasteiger partial charge on any atom is -0.481 e. The third-order valence-electron chi connectivity index (χ3n) is 4.69. The van der Waals surface area contributed by atoms with Crippen molar-refractivity contribution in [2.24, 2.45) is 0 Å². The molecule has 2 aromatic rings. The van der Waals surface area contributed by atoms with Crippen LogP contribution in [0.1, 0.15) is 35.1 Å². The normalized spacial score (nSPS) is 20.2. The highest BCUT2D eigenvalue weighted by atomic mass is 16.4. The third-order valence-corrected chi connectivity index (χ3v) is 4.69. The van der Waals surface area contributed by atoms with Crippen molar-refractivity contribution < 1.29 is 9.90 Å². The van der Waals surface area contributed by atoms with Crippen molar-refractivity contribution in [1.82, 2.24) is 0 Å². The molecule has 21 heavy (non-hydrogen) atoms. The number of hydrogen-bond donors (Lipinski definition) is 1. The lowest BCUT2D eigenvalue weighted by Crippen LogP contribution is -2.34. The second-order valence-electron chi connectivity index (χ2n) is 6.03. The summed E-state index contributed by atoms with van der Waals surface area (Å²) in [6.07, 6.45) is 3.06. The predicted molar refractivity (Wildman–Crippen MR) is 83.6 cm³/mol. The quantitative estimate of drug-likeness (QED) is 0.922. The Morgan fingerprint density at radius 3 is 2.67 bits per heavy atom. The van der Waals surface area contributed by atoms with Crippen molar-refractivity contribution in [3.63, 3.8) is 0 Å². The highest BCUT2D eigenvalue weighted by Gasteiger charge is 2.44. The highest BCUT2D eigenvalue weighted by molar-refractivity contribution is 5.83. The predicted octanol–water partition coefficient (Wildman–Crippen LogP) is 3.90. The molecule has 1 atom stereocenters. The molecular formula is C19H20O2. The van der Waals surface area contributed by atoms with E-state index in [1.54, 1.807) is 0 Å². The Labute approximate surface area is 125 Å². The van der Waals surface area contributed by atoms with Gasteiger partial charge in [0, 0.05) is 0 Å². The van der Waals surface area contributed by atoms with Gasteiger partial charge in [-0.25, -0.2) is 0 Å². The van der Waals surface area contributed by atoms with Gasteiger partial charge in [0.05, 0.1) is 5.41 Å². The van der Waals surface area contributed by atoms with Crippen LogP contribution in [-0.2, 0) is 23.1 Å². The molecule has 1 aliphatic carbocycles. The van der Waals surface area contributed by atoms with Crippen molar-refractivity contribution in [2.45, 2.75) is 38.0 Å². The molecule has 2 nitrogen and oxygen atoms in total. The molecular weight excluding hydrogens is 260 g/mol. The van der Waals surface area contributed by atoms with Crippen LogP contribution < -0.4 is 0 Å². The average molecular weight is 280 g/mol. The lowest BCUT2D eigenvalue weighted by Gasteiger charge is -2.26. The molecule has 1 N–H and O–H groups in total. The number of aryl methyl sites for hydroxylation is 3. The van der Waals surface area contributed by atoms with Crippen LogP contribution in [0.2, 0.25) is 0 Å². The van der Waals surface area contributed by atoms with E-state index in [9.17, 15) is 9.90 Å². The number of carboxylic acid groups (broad SMARTS) is 1. The monoisotopic (exact) mass is 280 g/mol. The van der Waals surface area contributed by atoms with Crippen molar-refractivity contribution in [3.8, 4) is 0 Å². The zero-order valence-electron chi connectivity index (χ0n) is 12.3. The van der Waals surface area contributed by atoms with E-state index in [0.29, 0.717) is 12.8 Å². The van der Waals surface area contributed by atoms with Gasteiger partial charge in [-0.3, -0.25) is 4.79 Å². The van der Waals surface area contributed by atoms with Gasteiger partial charge in [-0.05, 0) is 49.3 Å². The van der Waals surface area contributed by atoms with Crippen LogP contribution in [0, 0.1) is 6.92 Å². The van der Waals surface area contributed by atoms with Crippen molar-refractivity contribution in [3.05, 3.63) is 70.8 Å². The van der Waals surface area contributed by atoms with E-state index < -0.39 is 11.4 Å². The molecule has 2 heteroatoms. The number of benzene rings is 2. The maximum atomic E-state index is 12.0. The molecule has 0 bridgehead atoms. The fourth-order valence-corrected chi connectivity index (χ4v) is 3.43. The Hall–Kier alpha value is -2.09. The first-order valence-corrected chi connectivity index (χ1v) is 7.49. The maximum absolute atomic E-state index is 12.0. The fourth-order valence-electron chi connectivity index (χ4n) is 3.43. The third kappa shape index (κ3) is 2.46. The first-order chi connectivity index (χ1) is 10.1. The molecule has 0 amide bonds. The first-order valence-electron chi connectivity index (χ1n) is 7.49. The van der Waals surface area contributed by atoms with Gasteiger partial charge in [-0.15, -0.1) is 0 Å². The van der Waals surface area contributed by atoms with Gasteiger partial charge in [0.2, 0.25) is 0 Å². The molecule has 3 rings (SSSR count). The fraction of sp³-hybridized carbons (Fsp3) is 0.316. The Morgan fingerprint density at radius 2 is 1.95 bits per heavy atom. The summed E-state index contributed by atoms with van der Waals surface area (Å²) in [6, 6.07) is 16.4. The van der Waals surface area contributed by atoms with Crippen LogP contribution in [-0.4, -0.2) is 11.1 Å². The molecule has 2 aromatic carbocycles. The Morgan fingerprint density at radius 1 is 1.19 bits per heavy atom. The SMILES string of the molecule is Cc1ccc2c(c1)C(CCc1ccccc1)(C(=O)O)CC2. The van der Waals surface area contributed by atoms with Crippen LogP contribution in [0.4, 0.5) is 0 Å². The number of carbonyl (C=O) groups is 1. The number of aliphatic carboxylic acids is 1. The lowest BCUT2D eigenvalue weighted by atomic mass is 9.76. The standard InChI is InChI=1S/C19H20O2/c1-14-7-8-16-10-12-19(18(20)21,17(16)13-14)11-9-15-5-3-2-4-6-15/h2-8,13H,9-12H2,1H3,(H,20,21). The molecule has 0 aliphatic heterocycles. The van der Waals surface area contributed by atoms with E-state index in [-0.39, 0.29) is 0 Å². The van der Waals surface area contributed by atoms with E-state index in [0.717, 1.165) is 24.0 Å². The topological polar surface area (TPSA) is 37.3 Å². The molecule has 1 aliphatic rings. The molecule has 0 heterocycles. The van der Waals surface area contributed by atoms with Gasteiger partial charge in [0.1, 0.15) is 0 Å². The molecule has 0 aromatic heterocycles. The summed E-state index contributed by atoms with van der Waals surface area (Å²) in [4.78, 5) is 12.0. The summed E-state index contributed by atoms with van der Waals surface area (Å²) in [7, 11) is 0. The van der Waals surface area contributed by atoms with Gasteiger partial charge in [0.25, 0.3) is 0 Å². The van der Waals surface area contributed by atoms with E-state index in [1.165, 1.54) is 11.1 Å². The van der Waals surface area contributed by atoms with Gasteiger partial charge >= 0.3 is 5.97 Å². The second-order valence-corrected chi connectivity index (χ2v) is 6.03. The number of hydrogen-bond acceptors (Lipinski definition) is 1. The van der Waals surface area contributed by atoms with Crippen LogP contribution in [0.15, 0.2) is 48.5 Å². The van der Waals surface area contributed by atoms with E-state index in [2.05, 4.69) is 30.3 Å². The van der Waals surface area contributed by atoms with E-state index >= 15 is 0 Å². The molecule has 108 valence electrons. The number of carboxylic acids is 1. The summed E-state index contributed by atoms with van der Waals surface area (Å²) in [6.45, 7) is 2.03. The summed E-state index contributed by atoms with van der Waals surface area (Å²) < 4.78 is 0. The number of fused-ring (bicyclic) bond motifs is 1. The zero-order valence-corrected chi connectivity index (χ0v) is 12.3. The van der Waals surface area contributed by atoms with Crippen LogP contribution in [0.5, 0.6) is 0 Å². The van der Waals surface area contributed by atoms with Crippen molar-refractivity contribution in [2.75, 3.05) is 0 Å². The summed E-state index contributed by atoms with van der Waals surface area (Å²) in [5.41, 5.74) is 3.87. The summed E-state index contributed by atoms with van der Waals surface area (Å²) in [5.74, 6) is -0.678. The highest BCUT2D eigenvalue weighted by Crippen LogP contribution is 2.43. The van der Waals surface area contributed by atoms with Gasteiger partial charge in [0.15, 0.2) is 0 Å². The van der Waals surface area contributed by atoms with Crippen molar-refractivity contribution >= 4 is 5.97 Å². The van der Waals surface area contributed by atoms with Crippen LogP contribution in [0.25, 0.3) is 0 Å². The Kier molecular flexibility index (Phi) is 3.54. The first kappa shape index (κ1) is 13.9. The average Bonchev–Trinajstić information content (AvgIpc) is 2.85. The molecule has 0 spiro atoms. The summed E-state index contributed by atoms with van der Waals surface area (Å²) in [5, 5.41) is 9.88. The Balaban J connectivity index is 1.93. The Bertz CT molecular complexity index is 661. The van der Waals surface area contributed by atoms with Crippen molar-refractivity contribution in [1.29, 1.82) is 0 Å². The van der Waals surface area contributed by atoms with Gasteiger partial charge in [-0.1, -0.05) is 54.1 Å². The van der Waals surface area contributed by atoms with E-state index in [1.807, 2.05) is 25.1 Å². The van der Waals surface area contributed by atoms with Gasteiger partial charge < -0.3 is 5.11 Å². The smallest absolute Gasteiger partial charge is 0.314 e. The summed E-state index contributed by atoms with van der Waals surface area (Å²) >= 11 is 0. The number of rotatable bonds is 4. The lowest BCUT2D eigenvalue weighted by molar-refractivity contribution is -0.144. The largest absolute Gasteiger partial charge is 0.481 e. The zero-order chi connectivity index (χ0) is 14.9. The van der Waals surface area contributed by atoms with E-state index in [4.69, 9.17) is 0 Å². The van der Waals surface area contributed by atoms with Crippen LogP contribution >= 0.6 is 0 Å². The molecule has 1 unspecified atom stereocenters. The maximum Gasteiger partial charge on any atom is 0.314 e. The minimum atomic E-state index is -0.711. The molecule has 0 saturated heterocycles. The van der Waals surface area contributed by atoms with Crippen LogP contribution in [0.3, 0.4) is 0 Å².